The molecule has 114 valence electrons. The van der Waals surface area contributed by atoms with Crippen LogP contribution < -0.4 is 5.32 Å². The van der Waals surface area contributed by atoms with E-state index in [9.17, 15) is 9.90 Å². The minimum absolute atomic E-state index is 0.0381. The van der Waals surface area contributed by atoms with E-state index in [1.54, 1.807) is 0 Å². The number of amides is 1. The van der Waals surface area contributed by atoms with E-state index in [2.05, 4.69) is 24.1 Å². The normalized spacial score (nSPS) is 12.8. The SMILES string of the molecule is CC(C)CC(CO)NC(=O)Cc1c[nH]c2ccc(Cl)cc12. The van der Waals surface area contributed by atoms with E-state index in [1.807, 2.05) is 24.4 Å². The summed E-state index contributed by atoms with van der Waals surface area (Å²) < 4.78 is 0. The Kier molecular flexibility index (Phi) is 5.26. The summed E-state index contributed by atoms with van der Waals surface area (Å²) in [7, 11) is 0. The number of benzene rings is 1. The minimum Gasteiger partial charge on any atom is -0.394 e. The second kappa shape index (κ2) is 6.96. The Morgan fingerprint density at radius 1 is 1.43 bits per heavy atom. The molecule has 0 saturated carbocycles. The number of carbonyl (C=O) groups excluding carboxylic acids is 1. The zero-order valence-corrected chi connectivity index (χ0v) is 13.1. The van der Waals surface area contributed by atoms with E-state index in [0.29, 0.717) is 10.9 Å². The van der Waals surface area contributed by atoms with Crippen LogP contribution in [0.2, 0.25) is 5.02 Å². The maximum absolute atomic E-state index is 12.1. The van der Waals surface area contributed by atoms with Crippen LogP contribution in [0.5, 0.6) is 0 Å². The number of aromatic nitrogens is 1. The third-order valence-electron chi connectivity index (χ3n) is 3.42. The van der Waals surface area contributed by atoms with Crippen LogP contribution in [0.25, 0.3) is 10.9 Å². The fourth-order valence-electron chi connectivity index (χ4n) is 2.50. The molecule has 0 aliphatic heterocycles. The molecule has 1 aromatic carbocycles. The monoisotopic (exact) mass is 308 g/mol. The molecule has 0 spiro atoms. The van der Waals surface area contributed by atoms with Crippen molar-refractivity contribution in [3.63, 3.8) is 0 Å². The van der Waals surface area contributed by atoms with E-state index in [4.69, 9.17) is 11.6 Å². The van der Waals surface area contributed by atoms with Crippen LogP contribution >= 0.6 is 11.6 Å². The molecule has 5 heteroatoms. The molecular weight excluding hydrogens is 288 g/mol. The second-order valence-corrected chi connectivity index (χ2v) is 6.19. The molecule has 0 fully saturated rings. The number of rotatable bonds is 6. The lowest BCUT2D eigenvalue weighted by Crippen LogP contribution is -2.39. The molecule has 0 aliphatic carbocycles. The molecule has 3 N–H and O–H groups in total. The largest absolute Gasteiger partial charge is 0.394 e. The number of nitrogens with one attached hydrogen (secondary N) is 2. The maximum Gasteiger partial charge on any atom is 0.224 e. The van der Waals surface area contributed by atoms with Gasteiger partial charge >= 0.3 is 0 Å². The molecule has 4 nitrogen and oxygen atoms in total. The molecule has 2 rings (SSSR count). The molecule has 0 radical (unpaired) electrons. The Labute approximate surface area is 129 Å². The number of halogens is 1. The third kappa shape index (κ3) is 4.22. The number of carbonyl (C=O) groups is 1. The van der Waals surface area contributed by atoms with E-state index in [0.717, 1.165) is 22.9 Å². The molecule has 1 unspecified atom stereocenters. The zero-order chi connectivity index (χ0) is 15.4. The van der Waals surface area contributed by atoms with Crippen LogP contribution in [-0.2, 0) is 11.2 Å². The average Bonchev–Trinajstić information content (AvgIpc) is 2.80. The van der Waals surface area contributed by atoms with Gasteiger partial charge < -0.3 is 15.4 Å². The highest BCUT2D eigenvalue weighted by Crippen LogP contribution is 2.22. The summed E-state index contributed by atoms with van der Waals surface area (Å²) >= 11 is 6.00. The van der Waals surface area contributed by atoms with Crippen molar-refractivity contribution in [2.45, 2.75) is 32.7 Å². The number of H-pyrrole nitrogens is 1. The highest BCUT2D eigenvalue weighted by Gasteiger charge is 2.15. The Balaban J connectivity index is 2.05. The zero-order valence-electron chi connectivity index (χ0n) is 12.3. The Morgan fingerprint density at radius 3 is 2.86 bits per heavy atom. The van der Waals surface area contributed by atoms with Crippen molar-refractivity contribution >= 4 is 28.4 Å². The van der Waals surface area contributed by atoms with E-state index >= 15 is 0 Å². The average molecular weight is 309 g/mol. The molecule has 0 aliphatic rings. The summed E-state index contributed by atoms with van der Waals surface area (Å²) in [5.41, 5.74) is 1.87. The molecule has 1 amide bonds. The molecule has 2 aromatic rings. The van der Waals surface area contributed by atoms with Crippen molar-refractivity contribution in [2.75, 3.05) is 6.61 Å². The summed E-state index contributed by atoms with van der Waals surface area (Å²) in [6.07, 6.45) is 2.87. The fraction of sp³-hybridized carbons (Fsp3) is 0.438. The lowest BCUT2D eigenvalue weighted by molar-refractivity contribution is -0.121. The highest BCUT2D eigenvalue weighted by atomic mass is 35.5. The number of hydrogen-bond acceptors (Lipinski definition) is 2. The molecule has 21 heavy (non-hydrogen) atoms. The van der Waals surface area contributed by atoms with Crippen LogP contribution in [0.4, 0.5) is 0 Å². The number of hydrogen-bond donors (Lipinski definition) is 3. The predicted molar refractivity (Wildman–Crippen MR) is 85.5 cm³/mol. The van der Waals surface area contributed by atoms with Gasteiger partial charge in [0.25, 0.3) is 0 Å². The lowest BCUT2D eigenvalue weighted by atomic mass is 10.0. The standard InChI is InChI=1S/C16H21ClN2O2/c1-10(2)5-13(9-20)19-16(21)6-11-8-18-15-4-3-12(17)7-14(11)15/h3-4,7-8,10,13,18,20H,5-6,9H2,1-2H3,(H,19,21). The van der Waals surface area contributed by atoms with Crippen LogP contribution in [0.1, 0.15) is 25.8 Å². The first kappa shape index (κ1) is 15.9. The van der Waals surface area contributed by atoms with Gasteiger partial charge in [0.15, 0.2) is 0 Å². The van der Waals surface area contributed by atoms with Gasteiger partial charge in [-0.1, -0.05) is 25.4 Å². The Morgan fingerprint density at radius 2 is 2.19 bits per heavy atom. The topological polar surface area (TPSA) is 65.1 Å². The third-order valence-corrected chi connectivity index (χ3v) is 3.66. The van der Waals surface area contributed by atoms with Crippen molar-refractivity contribution in [3.05, 3.63) is 35.0 Å². The molecule has 0 saturated heterocycles. The van der Waals surface area contributed by atoms with Crippen molar-refractivity contribution in [1.29, 1.82) is 0 Å². The van der Waals surface area contributed by atoms with Crippen molar-refractivity contribution in [2.24, 2.45) is 5.92 Å². The smallest absolute Gasteiger partial charge is 0.224 e. The maximum atomic E-state index is 12.1. The summed E-state index contributed by atoms with van der Waals surface area (Å²) in [5, 5.41) is 13.8. The van der Waals surface area contributed by atoms with Crippen molar-refractivity contribution in [1.82, 2.24) is 10.3 Å². The first-order valence-corrected chi connectivity index (χ1v) is 7.53. The highest BCUT2D eigenvalue weighted by molar-refractivity contribution is 6.31. The van der Waals surface area contributed by atoms with Gasteiger partial charge in [0.05, 0.1) is 19.1 Å². The number of aliphatic hydroxyl groups is 1. The lowest BCUT2D eigenvalue weighted by Gasteiger charge is -2.18. The van der Waals surface area contributed by atoms with Crippen LogP contribution in [0, 0.1) is 5.92 Å². The molecule has 1 atom stereocenters. The van der Waals surface area contributed by atoms with Crippen LogP contribution in [0.15, 0.2) is 24.4 Å². The van der Waals surface area contributed by atoms with E-state index in [1.165, 1.54) is 0 Å². The van der Waals surface area contributed by atoms with Gasteiger partial charge in [-0.05, 0) is 36.1 Å². The van der Waals surface area contributed by atoms with E-state index in [-0.39, 0.29) is 25.0 Å². The van der Waals surface area contributed by atoms with E-state index < -0.39 is 0 Å². The first-order chi connectivity index (χ1) is 9.99. The van der Waals surface area contributed by atoms with Gasteiger partial charge in [0.2, 0.25) is 5.91 Å². The molecule has 1 aromatic heterocycles. The molecule has 0 bridgehead atoms. The van der Waals surface area contributed by atoms with Gasteiger partial charge in [0, 0.05) is 22.1 Å². The van der Waals surface area contributed by atoms with Crippen molar-refractivity contribution in [3.8, 4) is 0 Å². The van der Waals surface area contributed by atoms with Gasteiger partial charge in [-0.3, -0.25) is 4.79 Å². The van der Waals surface area contributed by atoms with Crippen LogP contribution in [0.3, 0.4) is 0 Å². The summed E-state index contributed by atoms with van der Waals surface area (Å²) in [4.78, 5) is 15.3. The molecular formula is C16H21ClN2O2. The Bertz CT molecular complexity index is 622. The van der Waals surface area contributed by atoms with Crippen LogP contribution in [-0.4, -0.2) is 28.6 Å². The number of fused-ring (bicyclic) bond motifs is 1. The van der Waals surface area contributed by atoms with Gasteiger partial charge in [-0.25, -0.2) is 0 Å². The second-order valence-electron chi connectivity index (χ2n) is 5.76. The first-order valence-electron chi connectivity index (χ1n) is 7.15. The van der Waals surface area contributed by atoms with Gasteiger partial charge in [-0.15, -0.1) is 0 Å². The summed E-state index contributed by atoms with van der Waals surface area (Å²) in [6.45, 7) is 4.09. The fourth-order valence-corrected chi connectivity index (χ4v) is 2.67. The number of aliphatic hydroxyl groups excluding tert-OH is 1. The van der Waals surface area contributed by atoms with Gasteiger partial charge in [0.1, 0.15) is 0 Å². The quantitative estimate of drug-likeness (QED) is 0.768. The molecule has 1 heterocycles. The van der Waals surface area contributed by atoms with Crippen molar-refractivity contribution < 1.29 is 9.90 Å². The minimum atomic E-state index is -0.189. The summed E-state index contributed by atoms with van der Waals surface area (Å²) in [5.74, 6) is 0.338. The predicted octanol–water partition coefficient (Wildman–Crippen LogP) is 2.89. The Hall–Kier alpha value is -1.52. The summed E-state index contributed by atoms with van der Waals surface area (Å²) in [6, 6.07) is 5.38. The number of aromatic amines is 1. The van der Waals surface area contributed by atoms with Gasteiger partial charge in [-0.2, -0.15) is 0 Å².